The first kappa shape index (κ1) is 16.7. The Morgan fingerprint density at radius 2 is 1.96 bits per heavy atom. The molecule has 0 aliphatic carbocycles. The molecule has 4 heteroatoms. The molecular formula is C20H23NO3. The number of ether oxygens (including phenoxy) is 1. The van der Waals surface area contributed by atoms with E-state index in [9.17, 15) is 9.90 Å². The standard InChI is InChI=1S/C20H23NO3/c1-15-6-8-16(9-7-15)14-21(11-12-22)20(23)19-18-5-3-2-4-17(18)10-13-24-19/h2-9,19,22H,10-14H2,1H3. The summed E-state index contributed by atoms with van der Waals surface area (Å²) >= 11 is 0. The molecule has 1 amide bonds. The molecule has 126 valence electrons. The predicted octanol–water partition coefficient (Wildman–Crippen LogP) is 2.63. The fourth-order valence-electron chi connectivity index (χ4n) is 3.07. The maximum Gasteiger partial charge on any atom is 0.256 e. The number of amides is 1. The minimum absolute atomic E-state index is 0.0635. The zero-order valence-corrected chi connectivity index (χ0v) is 13.9. The van der Waals surface area contributed by atoms with Crippen molar-refractivity contribution in [1.29, 1.82) is 0 Å². The number of hydrogen-bond donors (Lipinski definition) is 1. The SMILES string of the molecule is Cc1ccc(CN(CCO)C(=O)C2OCCc3ccccc32)cc1. The highest BCUT2D eigenvalue weighted by molar-refractivity contribution is 5.83. The molecule has 24 heavy (non-hydrogen) atoms. The van der Waals surface area contributed by atoms with E-state index in [0.717, 1.165) is 17.5 Å². The minimum atomic E-state index is -0.577. The summed E-state index contributed by atoms with van der Waals surface area (Å²) in [5.41, 5.74) is 4.34. The van der Waals surface area contributed by atoms with Crippen LogP contribution in [0.15, 0.2) is 48.5 Å². The number of carbonyl (C=O) groups excluding carboxylic acids is 1. The first-order valence-corrected chi connectivity index (χ1v) is 8.33. The lowest BCUT2D eigenvalue weighted by Crippen LogP contribution is -2.39. The third-order valence-corrected chi connectivity index (χ3v) is 4.39. The Morgan fingerprint density at radius 3 is 2.71 bits per heavy atom. The highest BCUT2D eigenvalue weighted by atomic mass is 16.5. The Hall–Kier alpha value is -2.17. The number of hydrogen-bond acceptors (Lipinski definition) is 3. The van der Waals surface area contributed by atoms with Crippen molar-refractivity contribution in [3.63, 3.8) is 0 Å². The van der Waals surface area contributed by atoms with E-state index in [2.05, 4.69) is 6.07 Å². The molecule has 0 fully saturated rings. The predicted molar refractivity (Wildman–Crippen MR) is 92.5 cm³/mol. The number of aliphatic hydroxyl groups is 1. The van der Waals surface area contributed by atoms with Gasteiger partial charge in [0, 0.05) is 13.1 Å². The minimum Gasteiger partial charge on any atom is -0.395 e. The first-order valence-electron chi connectivity index (χ1n) is 8.33. The lowest BCUT2D eigenvalue weighted by molar-refractivity contribution is -0.146. The van der Waals surface area contributed by atoms with Crippen LogP contribution in [-0.2, 0) is 22.5 Å². The van der Waals surface area contributed by atoms with Crippen molar-refractivity contribution in [2.24, 2.45) is 0 Å². The van der Waals surface area contributed by atoms with E-state index in [1.54, 1.807) is 4.90 Å². The van der Waals surface area contributed by atoms with Crippen molar-refractivity contribution in [3.8, 4) is 0 Å². The molecule has 0 spiro atoms. The monoisotopic (exact) mass is 325 g/mol. The molecule has 0 radical (unpaired) electrons. The summed E-state index contributed by atoms with van der Waals surface area (Å²) in [6.45, 7) is 3.29. The number of carbonyl (C=O) groups is 1. The third kappa shape index (κ3) is 3.66. The summed E-state index contributed by atoms with van der Waals surface area (Å²) in [4.78, 5) is 14.7. The maximum atomic E-state index is 13.0. The van der Waals surface area contributed by atoms with Crippen LogP contribution in [0.2, 0.25) is 0 Å². The largest absolute Gasteiger partial charge is 0.395 e. The van der Waals surface area contributed by atoms with Gasteiger partial charge in [0.2, 0.25) is 0 Å². The van der Waals surface area contributed by atoms with E-state index in [0.29, 0.717) is 19.7 Å². The molecule has 2 aromatic rings. The smallest absolute Gasteiger partial charge is 0.256 e. The average molecular weight is 325 g/mol. The fourth-order valence-corrected chi connectivity index (χ4v) is 3.07. The molecule has 0 aromatic heterocycles. The van der Waals surface area contributed by atoms with Gasteiger partial charge in [-0.2, -0.15) is 0 Å². The van der Waals surface area contributed by atoms with Crippen molar-refractivity contribution < 1.29 is 14.6 Å². The molecule has 0 saturated heterocycles. The molecule has 0 bridgehead atoms. The summed E-state index contributed by atoms with van der Waals surface area (Å²) in [5, 5.41) is 9.37. The van der Waals surface area contributed by atoms with Crippen LogP contribution in [-0.4, -0.2) is 35.7 Å². The molecule has 1 aliphatic rings. The van der Waals surface area contributed by atoms with Crippen molar-refractivity contribution in [3.05, 3.63) is 70.8 Å². The van der Waals surface area contributed by atoms with E-state index in [-0.39, 0.29) is 12.5 Å². The summed E-state index contributed by atoms with van der Waals surface area (Å²) in [7, 11) is 0. The number of rotatable bonds is 5. The lowest BCUT2D eigenvalue weighted by Gasteiger charge is -2.30. The van der Waals surface area contributed by atoms with Crippen LogP contribution in [0.4, 0.5) is 0 Å². The van der Waals surface area contributed by atoms with Gasteiger partial charge in [-0.3, -0.25) is 4.79 Å². The van der Waals surface area contributed by atoms with Crippen LogP contribution in [0, 0.1) is 6.92 Å². The number of aryl methyl sites for hydroxylation is 1. The van der Waals surface area contributed by atoms with E-state index in [4.69, 9.17) is 4.74 Å². The van der Waals surface area contributed by atoms with E-state index in [1.807, 2.05) is 49.4 Å². The van der Waals surface area contributed by atoms with Gasteiger partial charge in [0.25, 0.3) is 5.91 Å². The highest BCUT2D eigenvalue weighted by Gasteiger charge is 2.30. The summed E-state index contributed by atoms with van der Waals surface area (Å²) in [6.07, 6.45) is 0.254. The zero-order valence-electron chi connectivity index (χ0n) is 13.9. The second-order valence-electron chi connectivity index (χ2n) is 6.17. The van der Waals surface area contributed by atoms with Crippen molar-refractivity contribution in [2.75, 3.05) is 19.8 Å². The number of nitrogens with zero attached hydrogens (tertiary/aromatic N) is 1. The normalized spacial score (nSPS) is 16.5. The molecule has 1 aliphatic heterocycles. The van der Waals surface area contributed by atoms with Crippen molar-refractivity contribution in [2.45, 2.75) is 26.0 Å². The molecule has 0 saturated carbocycles. The molecular weight excluding hydrogens is 302 g/mol. The maximum absolute atomic E-state index is 13.0. The summed E-state index contributed by atoms with van der Waals surface area (Å²) in [6, 6.07) is 16.0. The summed E-state index contributed by atoms with van der Waals surface area (Å²) in [5.74, 6) is -0.0863. The van der Waals surface area contributed by atoms with E-state index >= 15 is 0 Å². The van der Waals surface area contributed by atoms with Crippen LogP contribution in [0.5, 0.6) is 0 Å². The molecule has 4 nitrogen and oxygen atoms in total. The van der Waals surface area contributed by atoms with Gasteiger partial charge in [-0.25, -0.2) is 0 Å². The first-order chi connectivity index (χ1) is 11.7. The Bertz CT molecular complexity index is 696. The Morgan fingerprint density at radius 1 is 1.21 bits per heavy atom. The third-order valence-electron chi connectivity index (χ3n) is 4.39. The average Bonchev–Trinajstić information content (AvgIpc) is 2.62. The van der Waals surface area contributed by atoms with Crippen LogP contribution >= 0.6 is 0 Å². The van der Waals surface area contributed by atoms with Gasteiger partial charge in [0.15, 0.2) is 6.10 Å². The zero-order chi connectivity index (χ0) is 16.9. The number of benzene rings is 2. The Kier molecular flexibility index (Phi) is 5.28. The topological polar surface area (TPSA) is 49.8 Å². The van der Waals surface area contributed by atoms with Gasteiger partial charge >= 0.3 is 0 Å². The van der Waals surface area contributed by atoms with Gasteiger partial charge in [-0.05, 0) is 30.0 Å². The second kappa shape index (κ2) is 7.60. The van der Waals surface area contributed by atoms with Crippen LogP contribution in [0.3, 0.4) is 0 Å². The van der Waals surface area contributed by atoms with Gasteiger partial charge in [-0.15, -0.1) is 0 Å². The van der Waals surface area contributed by atoms with Gasteiger partial charge in [0.05, 0.1) is 13.2 Å². The lowest BCUT2D eigenvalue weighted by atomic mass is 9.96. The second-order valence-corrected chi connectivity index (χ2v) is 6.17. The Balaban J connectivity index is 1.81. The molecule has 1 heterocycles. The molecule has 1 atom stereocenters. The van der Waals surface area contributed by atoms with E-state index in [1.165, 1.54) is 11.1 Å². The van der Waals surface area contributed by atoms with E-state index < -0.39 is 6.10 Å². The molecule has 2 aromatic carbocycles. The van der Waals surface area contributed by atoms with Crippen molar-refractivity contribution in [1.82, 2.24) is 4.90 Å². The van der Waals surface area contributed by atoms with Crippen LogP contribution in [0.1, 0.15) is 28.4 Å². The van der Waals surface area contributed by atoms with Crippen molar-refractivity contribution >= 4 is 5.91 Å². The van der Waals surface area contributed by atoms with Gasteiger partial charge in [-0.1, -0.05) is 54.1 Å². The van der Waals surface area contributed by atoms with Gasteiger partial charge in [0.1, 0.15) is 0 Å². The van der Waals surface area contributed by atoms with Crippen LogP contribution < -0.4 is 0 Å². The molecule has 1 unspecified atom stereocenters. The fraction of sp³-hybridized carbons (Fsp3) is 0.350. The Labute approximate surface area is 142 Å². The number of fused-ring (bicyclic) bond motifs is 1. The van der Waals surface area contributed by atoms with Crippen LogP contribution in [0.25, 0.3) is 0 Å². The molecule has 3 rings (SSSR count). The number of aliphatic hydroxyl groups excluding tert-OH is 1. The summed E-state index contributed by atoms with van der Waals surface area (Å²) < 4.78 is 5.78. The highest BCUT2D eigenvalue weighted by Crippen LogP contribution is 2.29. The van der Waals surface area contributed by atoms with Gasteiger partial charge < -0.3 is 14.7 Å². The molecule has 1 N–H and O–H groups in total. The quantitative estimate of drug-likeness (QED) is 0.919.